The number of nitrogens with zero attached hydrogens (tertiary/aromatic N) is 4. The zero-order chi connectivity index (χ0) is 20.3. The molecule has 0 bridgehead atoms. The molecule has 1 aliphatic rings. The van der Waals surface area contributed by atoms with Crippen molar-refractivity contribution in [3.05, 3.63) is 63.3 Å². The third-order valence-electron chi connectivity index (χ3n) is 5.59. The van der Waals surface area contributed by atoms with Crippen molar-refractivity contribution in [2.75, 3.05) is 4.90 Å². The average Bonchev–Trinajstić information content (AvgIpc) is 3.27. The highest BCUT2D eigenvalue weighted by Gasteiger charge is 2.29. The normalized spacial score (nSPS) is 16.5. The molecule has 0 saturated carbocycles. The summed E-state index contributed by atoms with van der Waals surface area (Å²) in [5, 5.41) is 6.37. The number of amides is 1. The van der Waals surface area contributed by atoms with Crippen molar-refractivity contribution in [1.29, 1.82) is 0 Å². The molecule has 0 saturated heterocycles. The summed E-state index contributed by atoms with van der Waals surface area (Å²) >= 11 is 1.56. The highest BCUT2D eigenvalue weighted by molar-refractivity contribution is 7.17. The van der Waals surface area contributed by atoms with Gasteiger partial charge in [0.2, 0.25) is 5.91 Å². The maximum atomic E-state index is 13.6. The fourth-order valence-electron chi connectivity index (χ4n) is 4.24. The maximum absolute atomic E-state index is 13.6. The van der Waals surface area contributed by atoms with Crippen LogP contribution in [0.1, 0.15) is 24.7 Å². The Morgan fingerprint density at radius 1 is 1.28 bits per heavy atom. The Bertz CT molecular complexity index is 1340. The van der Waals surface area contributed by atoms with Crippen LogP contribution in [0.3, 0.4) is 0 Å². The number of anilines is 1. The van der Waals surface area contributed by atoms with Crippen molar-refractivity contribution in [3.63, 3.8) is 0 Å². The Morgan fingerprint density at radius 3 is 2.93 bits per heavy atom. The van der Waals surface area contributed by atoms with E-state index in [-0.39, 0.29) is 29.9 Å². The molecular formula is C21H19FN4O2S. The van der Waals surface area contributed by atoms with Gasteiger partial charge in [0.1, 0.15) is 23.7 Å². The number of rotatable bonds is 2. The highest BCUT2D eigenvalue weighted by Crippen LogP contribution is 2.31. The molecule has 5 rings (SSSR count). The minimum Gasteiger partial charge on any atom is -0.308 e. The lowest BCUT2D eigenvalue weighted by molar-refractivity contribution is -0.120. The van der Waals surface area contributed by atoms with Crippen molar-refractivity contribution in [1.82, 2.24) is 14.2 Å². The Labute approximate surface area is 169 Å². The second kappa shape index (κ2) is 6.52. The van der Waals surface area contributed by atoms with Crippen LogP contribution >= 0.6 is 11.3 Å². The first-order chi connectivity index (χ1) is 13.9. The monoisotopic (exact) mass is 410 g/mol. The topological polar surface area (TPSA) is 59.6 Å². The molecule has 0 spiro atoms. The molecule has 0 N–H and O–H groups in total. The van der Waals surface area contributed by atoms with E-state index in [4.69, 9.17) is 0 Å². The minimum atomic E-state index is -0.308. The number of hydrogen-bond donors (Lipinski definition) is 0. The lowest BCUT2D eigenvalue weighted by Gasteiger charge is -2.35. The van der Waals surface area contributed by atoms with E-state index in [1.54, 1.807) is 22.3 Å². The number of halogens is 1. The Hall–Kier alpha value is -3.00. The third-order valence-corrected chi connectivity index (χ3v) is 6.45. The summed E-state index contributed by atoms with van der Waals surface area (Å²) in [6.07, 6.45) is 1.47. The van der Waals surface area contributed by atoms with Crippen molar-refractivity contribution < 1.29 is 9.18 Å². The van der Waals surface area contributed by atoms with Gasteiger partial charge in [-0.3, -0.25) is 14.0 Å². The molecule has 6 nitrogen and oxygen atoms in total. The zero-order valence-corrected chi connectivity index (χ0v) is 16.9. The quantitative estimate of drug-likeness (QED) is 0.508. The Kier molecular flexibility index (Phi) is 4.06. The van der Waals surface area contributed by atoms with Gasteiger partial charge < -0.3 is 4.90 Å². The summed E-state index contributed by atoms with van der Waals surface area (Å²) < 4.78 is 17.7. The predicted molar refractivity (Wildman–Crippen MR) is 111 cm³/mol. The molecule has 148 valence electrons. The number of carbonyl (C=O) groups excluding carboxylic acids is 1. The van der Waals surface area contributed by atoms with Crippen LogP contribution in [0.25, 0.3) is 15.7 Å². The number of thiophene rings is 1. The zero-order valence-electron chi connectivity index (χ0n) is 16.1. The van der Waals surface area contributed by atoms with E-state index in [0.717, 1.165) is 28.6 Å². The van der Waals surface area contributed by atoms with Gasteiger partial charge in [0, 0.05) is 11.7 Å². The molecule has 0 radical (unpaired) electrons. The largest absolute Gasteiger partial charge is 0.308 e. The van der Waals surface area contributed by atoms with Crippen LogP contribution in [0.5, 0.6) is 0 Å². The van der Waals surface area contributed by atoms with Gasteiger partial charge in [0.05, 0.1) is 10.2 Å². The SMILES string of the molecule is Cc1nn(CC(=O)N2c3ccc(F)cc3CCC2C)c(=O)c2cc3sccc3n12. The molecular weight excluding hydrogens is 391 g/mol. The number of aromatic nitrogens is 3. The third kappa shape index (κ3) is 2.78. The molecule has 0 aliphatic carbocycles. The summed E-state index contributed by atoms with van der Waals surface area (Å²) in [5.41, 5.74) is 2.70. The lowest BCUT2D eigenvalue weighted by atomic mass is 9.96. The number of benzene rings is 1. The molecule has 8 heteroatoms. The summed E-state index contributed by atoms with van der Waals surface area (Å²) in [7, 11) is 0. The van der Waals surface area contributed by atoms with Gasteiger partial charge in [-0.05, 0) is 68.0 Å². The number of hydrogen-bond acceptors (Lipinski definition) is 4. The van der Waals surface area contributed by atoms with Gasteiger partial charge in [0.25, 0.3) is 5.56 Å². The molecule has 1 aliphatic heterocycles. The van der Waals surface area contributed by atoms with Crippen molar-refractivity contribution in [2.24, 2.45) is 0 Å². The van der Waals surface area contributed by atoms with E-state index in [9.17, 15) is 14.0 Å². The summed E-state index contributed by atoms with van der Waals surface area (Å²) in [5.74, 6) is 0.115. The van der Waals surface area contributed by atoms with E-state index >= 15 is 0 Å². The summed E-state index contributed by atoms with van der Waals surface area (Å²) in [6.45, 7) is 3.64. The lowest BCUT2D eigenvalue weighted by Crippen LogP contribution is -2.45. The fourth-order valence-corrected chi connectivity index (χ4v) is 5.04. The smallest absolute Gasteiger partial charge is 0.291 e. The molecule has 3 aromatic heterocycles. The van der Waals surface area contributed by atoms with Crippen molar-refractivity contribution >= 4 is 38.7 Å². The van der Waals surface area contributed by atoms with E-state index in [0.29, 0.717) is 17.0 Å². The highest BCUT2D eigenvalue weighted by atomic mass is 32.1. The van der Waals surface area contributed by atoms with E-state index in [2.05, 4.69) is 5.10 Å². The molecule has 4 aromatic rings. The number of carbonyl (C=O) groups is 1. The van der Waals surface area contributed by atoms with Crippen LogP contribution < -0.4 is 10.5 Å². The van der Waals surface area contributed by atoms with Gasteiger partial charge in [-0.15, -0.1) is 11.3 Å². The van der Waals surface area contributed by atoms with E-state index in [1.165, 1.54) is 16.8 Å². The van der Waals surface area contributed by atoms with Crippen LogP contribution in [0.4, 0.5) is 10.1 Å². The van der Waals surface area contributed by atoms with E-state index in [1.807, 2.05) is 35.8 Å². The summed E-state index contributed by atoms with van der Waals surface area (Å²) in [4.78, 5) is 27.8. The second-order valence-corrected chi connectivity index (χ2v) is 8.42. The first-order valence-corrected chi connectivity index (χ1v) is 10.4. The molecule has 1 unspecified atom stereocenters. The van der Waals surface area contributed by atoms with Gasteiger partial charge in [-0.25, -0.2) is 9.07 Å². The van der Waals surface area contributed by atoms with Crippen molar-refractivity contribution in [3.8, 4) is 0 Å². The minimum absolute atomic E-state index is 0.0281. The van der Waals surface area contributed by atoms with Crippen molar-refractivity contribution in [2.45, 2.75) is 39.3 Å². The van der Waals surface area contributed by atoms with Gasteiger partial charge in [-0.1, -0.05) is 0 Å². The molecule has 0 fully saturated rings. The number of fused-ring (bicyclic) bond motifs is 4. The maximum Gasteiger partial charge on any atom is 0.291 e. The summed E-state index contributed by atoms with van der Waals surface area (Å²) in [6, 6.07) is 8.27. The van der Waals surface area contributed by atoms with Crippen LogP contribution in [0.15, 0.2) is 40.5 Å². The van der Waals surface area contributed by atoms with E-state index < -0.39 is 0 Å². The fraction of sp³-hybridized carbons (Fsp3) is 0.286. The van der Waals surface area contributed by atoms with Gasteiger partial charge in [0.15, 0.2) is 0 Å². The molecule has 4 heterocycles. The Balaban J connectivity index is 1.55. The van der Waals surface area contributed by atoms with Crippen LogP contribution in [0, 0.1) is 12.7 Å². The van der Waals surface area contributed by atoms with Gasteiger partial charge >= 0.3 is 0 Å². The molecule has 1 amide bonds. The first-order valence-electron chi connectivity index (χ1n) is 9.51. The van der Waals surface area contributed by atoms with Crippen LogP contribution in [0.2, 0.25) is 0 Å². The molecule has 29 heavy (non-hydrogen) atoms. The van der Waals surface area contributed by atoms with Gasteiger partial charge in [-0.2, -0.15) is 5.10 Å². The second-order valence-electron chi connectivity index (χ2n) is 7.47. The first kappa shape index (κ1) is 18.1. The molecule has 1 aromatic carbocycles. The average molecular weight is 410 g/mol. The predicted octanol–water partition coefficient (Wildman–Crippen LogP) is 3.53. The van der Waals surface area contributed by atoms with Crippen LogP contribution in [-0.4, -0.2) is 26.1 Å². The standard InChI is InChI=1S/C21H19FN4O2S/c1-12-3-4-14-9-15(22)5-6-16(14)25(12)20(27)11-24-21(28)18-10-19-17(7-8-29-19)26(18)13(2)23-24/h5-10,12H,3-4,11H2,1-2H3. The van der Waals surface area contributed by atoms with Crippen LogP contribution in [-0.2, 0) is 17.8 Å². The Morgan fingerprint density at radius 2 is 2.10 bits per heavy atom. The number of aryl methyl sites for hydroxylation is 2. The molecule has 1 atom stereocenters.